The third kappa shape index (κ3) is 6.23. The van der Waals surface area contributed by atoms with E-state index >= 15 is 0 Å². The first-order chi connectivity index (χ1) is 10.6. The number of Topliss-reactive ketones (excluding diaryl/α,β-unsaturated/α-hetero) is 1. The zero-order chi connectivity index (χ0) is 17.7. The standard InChI is InChI=1S/C20H34O3/c1-15(2)17-8-11-19(4,14-21)18(22)13-16(3)7-6-10-20(5,23)12-9-17/h7,9,12,15,17,21,23H,6,8,10-11,13-14H2,1-5H3/b12-9+,16-7+/t17-,19+,20-/m1/s1. The lowest BCUT2D eigenvalue weighted by Crippen LogP contribution is -2.32. The van der Waals surface area contributed by atoms with Crippen LogP contribution in [0.25, 0.3) is 0 Å². The third-order valence-corrected chi connectivity index (χ3v) is 5.19. The smallest absolute Gasteiger partial charge is 0.145 e. The summed E-state index contributed by atoms with van der Waals surface area (Å²) < 4.78 is 0. The fraction of sp³-hybridized carbons (Fsp3) is 0.750. The van der Waals surface area contributed by atoms with Gasteiger partial charge in [-0.3, -0.25) is 4.79 Å². The fourth-order valence-corrected chi connectivity index (χ4v) is 3.01. The van der Waals surface area contributed by atoms with Crippen molar-refractivity contribution < 1.29 is 15.0 Å². The number of aliphatic hydroxyl groups is 2. The normalized spacial score (nSPS) is 38.2. The average Bonchev–Trinajstić information content (AvgIpc) is 2.45. The van der Waals surface area contributed by atoms with E-state index in [9.17, 15) is 15.0 Å². The largest absolute Gasteiger partial charge is 0.395 e. The summed E-state index contributed by atoms with van der Waals surface area (Å²) in [5.74, 6) is 0.853. The quantitative estimate of drug-likeness (QED) is 0.754. The highest BCUT2D eigenvalue weighted by Gasteiger charge is 2.33. The Morgan fingerprint density at radius 1 is 1.30 bits per heavy atom. The maximum atomic E-state index is 12.6. The van der Waals surface area contributed by atoms with Crippen molar-refractivity contribution in [3.63, 3.8) is 0 Å². The molecule has 0 saturated heterocycles. The molecule has 0 heterocycles. The molecular formula is C20H34O3. The van der Waals surface area contributed by atoms with Gasteiger partial charge in [-0.1, -0.05) is 44.6 Å². The third-order valence-electron chi connectivity index (χ3n) is 5.19. The van der Waals surface area contributed by atoms with Gasteiger partial charge < -0.3 is 10.2 Å². The van der Waals surface area contributed by atoms with Crippen LogP contribution in [0, 0.1) is 17.3 Å². The van der Waals surface area contributed by atoms with Crippen LogP contribution in [0.15, 0.2) is 23.8 Å². The van der Waals surface area contributed by atoms with Crippen molar-refractivity contribution in [1.29, 1.82) is 0 Å². The molecule has 0 radical (unpaired) electrons. The summed E-state index contributed by atoms with van der Waals surface area (Å²) in [5, 5.41) is 20.3. The highest BCUT2D eigenvalue weighted by molar-refractivity contribution is 5.86. The number of hydrogen-bond donors (Lipinski definition) is 2. The molecule has 0 aliphatic heterocycles. The number of aliphatic hydroxyl groups excluding tert-OH is 1. The maximum absolute atomic E-state index is 12.6. The molecule has 3 heteroatoms. The van der Waals surface area contributed by atoms with Crippen molar-refractivity contribution >= 4 is 5.78 Å². The Morgan fingerprint density at radius 3 is 2.52 bits per heavy atom. The van der Waals surface area contributed by atoms with Gasteiger partial charge in [-0.05, 0) is 51.4 Å². The summed E-state index contributed by atoms with van der Waals surface area (Å²) >= 11 is 0. The molecule has 2 N–H and O–H groups in total. The molecule has 1 rings (SSSR count). The summed E-state index contributed by atoms with van der Waals surface area (Å²) in [7, 11) is 0. The lowest BCUT2D eigenvalue weighted by atomic mass is 9.76. The van der Waals surface area contributed by atoms with Crippen LogP contribution < -0.4 is 0 Å². The van der Waals surface area contributed by atoms with Gasteiger partial charge >= 0.3 is 0 Å². The highest BCUT2D eigenvalue weighted by Crippen LogP contribution is 2.32. The maximum Gasteiger partial charge on any atom is 0.145 e. The SMILES string of the molecule is C/C1=C\CC[C@@](C)(O)/C=C/[C@H](C(C)C)CC[C@@](C)(CO)C(=O)C1. The van der Waals surface area contributed by atoms with E-state index in [2.05, 4.69) is 19.9 Å². The van der Waals surface area contributed by atoms with Crippen molar-refractivity contribution in [2.45, 2.75) is 72.3 Å². The highest BCUT2D eigenvalue weighted by atomic mass is 16.3. The van der Waals surface area contributed by atoms with Crippen LogP contribution in [0.1, 0.15) is 66.7 Å². The van der Waals surface area contributed by atoms with Crippen molar-refractivity contribution in [2.24, 2.45) is 17.3 Å². The van der Waals surface area contributed by atoms with E-state index in [0.29, 0.717) is 31.1 Å². The van der Waals surface area contributed by atoms with E-state index in [1.807, 2.05) is 32.9 Å². The van der Waals surface area contributed by atoms with Crippen LogP contribution in [0.4, 0.5) is 0 Å². The van der Waals surface area contributed by atoms with Crippen LogP contribution >= 0.6 is 0 Å². The minimum Gasteiger partial charge on any atom is -0.395 e. The molecule has 0 aromatic heterocycles. The van der Waals surface area contributed by atoms with Crippen molar-refractivity contribution in [1.82, 2.24) is 0 Å². The van der Waals surface area contributed by atoms with Gasteiger partial charge in [0, 0.05) is 11.8 Å². The number of hydrogen-bond acceptors (Lipinski definition) is 3. The first-order valence-corrected chi connectivity index (χ1v) is 8.81. The summed E-state index contributed by atoms with van der Waals surface area (Å²) in [4.78, 5) is 12.6. The Labute approximate surface area is 141 Å². The Bertz CT molecular complexity index is 460. The summed E-state index contributed by atoms with van der Waals surface area (Å²) in [6.45, 7) is 9.88. The molecule has 3 nitrogen and oxygen atoms in total. The molecule has 23 heavy (non-hydrogen) atoms. The zero-order valence-electron chi connectivity index (χ0n) is 15.4. The van der Waals surface area contributed by atoms with Crippen LogP contribution in [0.3, 0.4) is 0 Å². The molecule has 3 atom stereocenters. The molecule has 0 spiro atoms. The molecule has 0 aromatic rings. The van der Waals surface area contributed by atoms with Crippen LogP contribution in [-0.4, -0.2) is 28.2 Å². The van der Waals surface area contributed by atoms with E-state index < -0.39 is 11.0 Å². The number of ketones is 1. The second-order valence-electron chi connectivity index (χ2n) is 8.07. The first kappa shape index (κ1) is 20.1. The second kappa shape index (κ2) is 8.25. The zero-order valence-corrected chi connectivity index (χ0v) is 15.4. The Morgan fingerprint density at radius 2 is 1.96 bits per heavy atom. The molecule has 0 saturated carbocycles. The van der Waals surface area contributed by atoms with Gasteiger partial charge in [-0.2, -0.15) is 0 Å². The van der Waals surface area contributed by atoms with Gasteiger partial charge in [0.1, 0.15) is 5.78 Å². The van der Waals surface area contributed by atoms with Gasteiger partial charge in [0.2, 0.25) is 0 Å². The van der Waals surface area contributed by atoms with E-state index in [1.54, 1.807) is 0 Å². The van der Waals surface area contributed by atoms with Crippen LogP contribution in [0.5, 0.6) is 0 Å². The van der Waals surface area contributed by atoms with Gasteiger partial charge in [0.05, 0.1) is 12.2 Å². The first-order valence-electron chi connectivity index (χ1n) is 8.81. The average molecular weight is 322 g/mol. The summed E-state index contributed by atoms with van der Waals surface area (Å²) in [6.07, 6.45) is 9.35. The molecule has 132 valence electrons. The molecule has 1 aliphatic rings. The lowest BCUT2D eigenvalue weighted by Gasteiger charge is -2.29. The van der Waals surface area contributed by atoms with E-state index in [4.69, 9.17) is 0 Å². The van der Waals surface area contributed by atoms with Gasteiger partial charge in [-0.15, -0.1) is 0 Å². The monoisotopic (exact) mass is 322 g/mol. The molecule has 0 fully saturated rings. The molecule has 0 unspecified atom stereocenters. The Hall–Kier alpha value is -0.930. The predicted octanol–water partition coefficient (Wildman–Crippen LogP) is 4.04. The Balaban J connectivity index is 3.08. The topological polar surface area (TPSA) is 57.5 Å². The molecule has 0 amide bonds. The van der Waals surface area contributed by atoms with E-state index in [-0.39, 0.29) is 12.4 Å². The van der Waals surface area contributed by atoms with Crippen LogP contribution in [-0.2, 0) is 4.79 Å². The van der Waals surface area contributed by atoms with Gasteiger partial charge in [0.15, 0.2) is 0 Å². The molecular weight excluding hydrogens is 288 g/mol. The number of carbonyl (C=O) groups excluding carboxylic acids is 1. The number of allylic oxidation sites excluding steroid dienone is 3. The second-order valence-corrected chi connectivity index (χ2v) is 8.07. The van der Waals surface area contributed by atoms with Gasteiger partial charge in [-0.25, -0.2) is 0 Å². The van der Waals surface area contributed by atoms with Crippen LogP contribution in [0.2, 0.25) is 0 Å². The van der Waals surface area contributed by atoms with Crippen molar-refractivity contribution in [3.05, 3.63) is 23.8 Å². The number of rotatable bonds is 2. The van der Waals surface area contributed by atoms with Crippen molar-refractivity contribution in [2.75, 3.05) is 6.61 Å². The summed E-state index contributed by atoms with van der Waals surface area (Å²) in [5.41, 5.74) is -0.469. The number of carbonyl (C=O) groups is 1. The molecule has 0 bridgehead atoms. The minimum absolute atomic E-state index is 0.106. The van der Waals surface area contributed by atoms with E-state index in [1.165, 1.54) is 0 Å². The Kier molecular flexibility index (Phi) is 7.22. The summed E-state index contributed by atoms with van der Waals surface area (Å²) in [6, 6.07) is 0. The van der Waals surface area contributed by atoms with E-state index in [0.717, 1.165) is 18.4 Å². The molecule has 1 aliphatic carbocycles. The minimum atomic E-state index is -0.817. The van der Waals surface area contributed by atoms with Crippen molar-refractivity contribution in [3.8, 4) is 0 Å². The predicted molar refractivity (Wildman–Crippen MR) is 95.1 cm³/mol. The van der Waals surface area contributed by atoms with Gasteiger partial charge in [0.25, 0.3) is 0 Å². The lowest BCUT2D eigenvalue weighted by molar-refractivity contribution is -0.130. The fourth-order valence-electron chi connectivity index (χ4n) is 3.01. The molecule has 0 aromatic carbocycles.